The van der Waals surface area contributed by atoms with Crippen molar-refractivity contribution in [2.45, 2.75) is 38.5 Å². The summed E-state index contributed by atoms with van der Waals surface area (Å²) in [6.07, 6.45) is 8.16. The Kier molecular flexibility index (Phi) is 2.16. The fourth-order valence-electron chi connectivity index (χ4n) is 3.34. The molecule has 3 rings (SSSR count). The Labute approximate surface area is 92.0 Å². The second-order valence-corrected chi connectivity index (χ2v) is 4.99. The first-order valence-corrected chi connectivity index (χ1v) is 6.14. The van der Waals surface area contributed by atoms with Crippen molar-refractivity contribution in [3.05, 3.63) is 41.5 Å². The Balaban J connectivity index is 2.10. The van der Waals surface area contributed by atoms with Crippen molar-refractivity contribution in [2.75, 3.05) is 0 Å². The van der Waals surface area contributed by atoms with Gasteiger partial charge >= 0.3 is 0 Å². The monoisotopic (exact) mass is 198 g/mol. The average molecular weight is 198 g/mol. The standard InChI is InChI=1S/C15H18/c1-11-10-12-6-2-3-8-14(12)15-9-5-4-7-13(11)15/h4-5,7,9-10,12,14H,2-3,6,8H2,1H3/t12-,14+/m0/s1. The number of hydrogen-bond donors (Lipinski definition) is 0. The summed E-state index contributed by atoms with van der Waals surface area (Å²) in [7, 11) is 0. The Morgan fingerprint density at radius 1 is 1.07 bits per heavy atom. The molecule has 2 aliphatic rings. The molecule has 0 amide bonds. The highest BCUT2D eigenvalue weighted by Gasteiger charge is 2.29. The summed E-state index contributed by atoms with van der Waals surface area (Å²) in [5, 5.41) is 0. The van der Waals surface area contributed by atoms with E-state index in [1.165, 1.54) is 36.8 Å². The largest absolute Gasteiger partial charge is 0.0773 e. The van der Waals surface area contributed by atoms with Crippen molar-refractivity contribution in [3.8, 4) is 0 Å². The van der Waals surface area contributed by atoms with Gasteiger partial charge in [0, 0.05) is 0 Å². The maximum absolute atomic E-state index is 2.52. The molecule has 1 aromatic carbocycles. The minimum absolute atomic E-state index is 0.818. The van der Waals surface area contributed by atoms with E-state index in [-0.39, 0.29) is 0 Å². The summed E-state index contributed by atoms with van der Waals surface area (Å²) >= 11 is 0. The predicted molar refractivity (Wildman–Crippen MR) is 64.8 cm³/mol. The van der Waals surface area contributed by atoms with Crippen LogP contribution >= 0.6 is 0 Å². The zero-order valence-corrected chi connectivity index (χ0v) is 9.37. The molecule has 0 spiro atoms. The quantitative estimate of drug-likeness (QED) is 0.580. The van der Waals surface area contributed by atoms with Crippen LogP contribution in [0.3, 0.4) is 0 Å². The molecule has 0 radical (unpaired) electrons. The van der Waals surface area contributed by atoms with Gasteiger partial charge in [0.05, 0.1) is 0 Å². The third kappa shape index (κ3) is 1.43. The first kappa shape index (κ1) is 9.21. The zero-order valence-electron chi connectivity index (χ0n) is 9.37. The first-order valence-electron chi connectivity index (χ1n) is 6.14. The fourth-order valence-corrected chi connectivity index (χ4v) is 3.34. The van der Waals surface area contributed by atoms with Crippen molar-refractivity contribution >= 4 is 5.57 Å². The first-order chi connectivity index (χ1) is 7.36. The average Bonchev–Trinajstić information content (AvgIpc) is 2.30. The third-order valence-electron chi connectivity index (χ3n) is 4.07. The van der Waals surface area contributed by atoms with Gasteiger partial charge in [-0.15, -0.1) is 0 Å². The predicted octanol–water partition coefficient (Wildman–Crippen LogP) is 4.38. The van der Waals surface area contributed by atoms with Crippen LogP contribution in [0, 0.1) is 5.92 Å². The van der Waals surface area contributed by atoms with Crippen molar-refractivity contribution in [2.24, 2.45) is 5.92 Å². The normalized spacial score (nSPS) is 29.0. The number of allylic oxidation sites excluding steroid dienone is 2. The van der Waals surface area contributed by atoms with Crippen LogP contribution in [0.15, 0.2) is 30.3 Å². The van der Waals surface area contributed by atoms with Crippen molar-refractivity contribution in [1.82, 2.24) is 0 Å². The Morgan fingerprint density at radius 2 is 1.87 bits per heavy atom. The molecule has 1 fully saturated rings. The van der Waals surface area contributed by atoms with E-state index in [0.29, 0.717) is 0 Å². The number of hydrogen-bond acceptors (Lipinski definition) is 0. The van der Waals surface area contributed by atoms with Crippen molar-refractivity contribution in [3.63, 3.8) is 0 Å². The topological polar surface area (TPSA) is 0 Å². The molecule has 0 aromatic heterocycles. The lowest BCUT2D eigenvalue weighted by Crippen LogP contribution is -2.20. The molecule has 0 unspecified atom stereocenters. The maximum Gasteiger partial charge on any atom is -0.00928 e. The van der Waals surface area contributed by atoms with Gasteiger partial charge in [0.2, 0.25) is 0 Å². The van der Waals surface area contributed by atoms with Crippen LogP contribution in [0.25, 0.3) is 5.57 Å². The van der Waals surface area contributed by atoms with Gasteiger partial charge in [-0.2, -0.15) is 0 Å². The molecule has 0 N–H and O–H groups in total. The van der Waals surface area contributed by atoms with Crippen LogP contribution in [0.2, 0.25) is 0 Å². The molecule has 78 valence electrons. The van der Waals surface area contributed by atoms with Crippen LogP contribution in [-0.4, -0.2) is 0 Å². The van der Waals surface area contributed by atoms with Gasteiger partial charge in [-0.05, 0) is 48.3 Å². The maximum atomic E-state index is 2.52. The minimum atomic E-state index is 0.818. The molecule has 15 heavy (non-hydrogen) atoms. The smallest absolute Gasteiger partial charge is 0.00928 e. The van der Waals surface area contributed by atoms with Crippen LogP contribution in [-0.2, 0) is 0 Å². The molecular weight excluding hydrogens is 180 g/mol. The molecule has 2 atom stereocenters. The van der Waals surface area contributed by atoms with Gasteiger partial charge < -0.3 is 0 Å². The lowest BCUT2D eigenvalue weighted by molar-refractivity contribution is 0.358. The van der Waals surface area contributed by atoms with Gasteiger partial charge in [0.1, 0.15) is 0 Å². The Bertz CT molecular complexity index is 400. The Hall–Kier alpha value is -1.04. The van der Waals surface area contributed by atoms with Crippen molar-refractivity contribution in [1.29, 1.82) is 0 Å². The van der Waals surface area contributed by atoms with Gasteiger partial charge in [0.15, 0.2) is 0 Å². The van der Waals surface area contributed by atoms with Crippen LogP contribution in [0.1, 0.15) is 49.7 Å². The highest BCUT2D eigenvalue weighted by atomic mass is 14.3. The molecule has 1 aromatic rings. The van der Waals surface area contributed by atoms with Gasteiger partial charge in [0.25, 0.3) is 0 Å². The molecule has 0 nitrogen and oxygen atoms in total. The summed E-state index contributed by atoms with van der Waals surface area (Å²) in [6.45, 7) is 2.27. The van der Waals surface area contributed by atoms with Gasteiger partial charge in [-0.3, -0.25) is 0 Å². The fraction of sp³-hybridized carbons (Fsp3) is 0.467. The SMILES string of the molecule is CC1=C[C@@H]2CCCC[C@H]2c2ccccc21. The van der Waals surface area contributed by atoms with E-state index in [1.807, 2.05) is 0 Å². The summed E-state index contributed by atoms with van der Waals surface area (Å²) in [5.74, 6) is 1.65. The number of fused-ring (bicyclic) bond motifs is 3. The van der Waals surface area contributed by atoms with E-state index in [4.69, 9.17) is 0 Å². The lowest BCUT2D eigenvalue weighted by atomic mass is 9.69. The summed E-state index contributed by atoms with van der Waals surface area (Å²) < 4.78 is 0. The molecule has 2 aliphatic carbocycles. The van der Waals surface area contributed by atoms with E-state index >= 15 is 0 Å². The highest BCUT2D eigenvalue weighted by Crippen LogP contribution is 2.45. The second kappa shape index (κ2) is 3.52. The third-order valence-corrected chi connectivity index (χ3v) is 4.07. The van der Waals surface area contributed by atoms with E-state index in [1.54, 1.807) is 5.56 Å². The Morgan fingerprint density at radius 3 is 2.80 bits per heavy atom. The molecule has 0 saturated heterocycles. The van der Waals surface area contributed by atoms with E-state index in [0.717, 1.165) is 11.8 Å². The summed E-state index contributed by atoms with van der Waals surface area (Å²) in [5.41, 5.74) is 4.61. The molecular formula is C15H18. The molecule has 0 bridgehead atoms. The van der Waals surface area contributed by atoms with E-state index in [9.17, 15) is 0 Å². The van der Waals surface area contributed by atoms with Crippen LogP contribution < -0.4 is 0 Å². The molecule has 1 saturated carbocycles. The molecule has 0 heterocycles. The lowest BCUT2D eigenvalue weighted by Gasteiger charge is -2.35. The second-order valence-electron chi connectivity index (χ2n) is 4.99. The van der Waals surface area contributed by atoms with E-state index in [2.05, 4.69) is 37.3 Å². The summed E-state index contributed by atoms with van der Waals surface area (Å²) in [4.78, 5) is 0. The van der Waals surface area contributed by atoms with E-state index < -0.39 is 0 Å². The molecule has 0 heteroatoms. The van der Waals surface area contributed by atoms with Crippen LogP contribution in [0.4, 0.5) is 0 Å². The minimum Gasteiger partial charge on any atom is -0.0773 e. The number of benzene rings is 1. The van der Waals surface area contributed by atoms with Gasteiger partial charge in [-0.25, -0.2) is 0 Å². The number of rotatable bonds is 0. The highest BCUT2D eigenvalue weighted by molar-refractivity contribution is 5.69. The van der Waals surface area contributed by atoms with Crippen LogP contribution in [0.5, 0.6) is 0 Å². The zero-order chi connectivity index (χ0) is 10.3. The van der Waals surface area contributed by atoms with Crippen molar-refractivity contribution < 1.29 is 0 Å². The van der Waals surface area contributed by atoms with Gasteiger partial charge in [-0.1, -0.05) is 43.2 Å². The molecule has 0 aliphatic heterocycles. The summed E-state index contributed by atoms with van der Waals surface area (Å²) in [6, 6.07) is 8.99.